The van der Waals surface area contributed by atoms with Gasteiger partial charge in [0.2, 0.25) is 5.91 Å². The van der Waals surface area contributed by atoms with E-state index >= 15 is 0 Å². The summed E-state index contributed by atoms with van der Waals surface area (Å²) in [4.78, 5) is 35.2. The van der Waals surface area contributed by atoms with Crippen LogP contribution in [-0.2, 0) is 14.3 Å². The molecule has 0 aliphatic heterocycles. The summed E-state index contributed by atoms with van der Waals surface area (Å²) >= 11 is 0. The molecule has 2 amide bonds. The number of alkyl carbamates (subject to hydrolysis) is 1. The van der Waals surface area contributed by atoms with Crippen LogP contribution in [0.25, 0.3) is 11.1 Å². The maximum Gasteiger partial charge on any atom is 0.407 e. The fraction of sp³-hybridized carbons (Fsp3) is 0.444. The first-order valence-electron chi connectivity index (χ1n) is 12.1. The monoisotopic (exact) mass is 464 g/mol. The number of amides is 2. The average molecular weight is 465 g/mol. The number of aliphatic carboxylic acids is 1. The minimum Gasteiger partial charge on any atom is -0.481 e. The SMILES string of the molecule is O=C(O)C[C@H]1CC[C@@H](NC(=O)CCCCNC(=O)OCC2c3ccccc3-c3ccccc32)C1. The van der Waals surface area contributed by atoms with Crippen molar-refractivity contribution in [3.63, 3.8) is 0 Å². The summed E-state index contributed by atoms with van der Waals surface area (Å²) in [7, 11) is 0. The van der Waals surface area contributed by atoms with Crippen molar-refractivity contribution in [3.8, 4) is 11.1 Å². The Kier molecular flexibility index (Phi) is 7.83. The molecule has 0 radical (unpaired) electrons. The lowest BCUT2D eigenvalue weighted by atomic mass is 9.98. The molecule has 180 valence electrons. The van der Waals surface area contributed by atoms with Crippen molar-refractivity contribution in [1.29, 1.82) is 0 Å². The van der Waals surface area contributed by atoms with E-state index in [1.165, 1.54) is 22.3 Å². The van der Waals surface area contributed by atoms with Gasteiger partial charge in [0.15, 0.2) is 0 Å². The molecule has 2 atom stereocenters. The van der Waals surface area contributed by atoms with Gasteiger partial charge in [-0.3, -0.25) is 9.59 Å². The van der Waals surface area contributed by atoms with Gasteiger partial charge in [-0.2, -0.15) is 0 Å². The summed E-state index contributed by atoms with van der Waals surface area (Å²) in [5, 5.41) is 14.7. The third kappa shape index (κ3) is 5.95. The fourth-order valence-corrected chi connectivity index (χ4v) is 5.19. The second-order valence-electron chi connectivity index (χ2n) is 9.25. The van der Waals surface area contributed by atoms with E-state index in [2.05, 4.69) is 34.9 Å². The van der Waals surface area contributed by atoms with Crippen LogP contribution < -0.4 is 10.6 Å². The molecule has 3 N–H and O–H groups in total. The summed E-state index contributed by atoms with van der Waals surface area (Å²) in [6, 6.07) is 16.5. The lowest BCUT2D eigenvalue weighted by Crippen LogP contribution is -2.33. The molecule has 7 nitrogen and oxygen atoms in total. The summed E-state index contributed by atoms with van der Waals surface area (Å²) in [6.45, 7) is 0.737. The minimum absolute atomic E-state index is 0.0119. The number of unbranched alkanes of at least 4 members (excludes halogenated alkanes) is 1. The molecule has 0 bridgehead atoms. The molecule has 34 heavy (non-hydrogen) atoms. The maximum absolute atomic E-state index is 12.2. The van der Waals surface area contributed by atoms with Crippen molar-refractivity contribution in [2.45, 2.75) is 56.9 Å². The molecule has 7 heteroatoms. The maximum atomic E-state index is 12.2. The van der Waals surface area contributed by atoms with Gasteiger partial charge in [-0.15, -0.1) is 0 Å². The number of carboxylic acid groups (broad SMARTS) is 1. The van der Waals surface area contributed by atoms with Crippen LogP contribution in [0.4, 0.5) is 4.79 Å². The second kappa shape index (κ2) is 11.2. The summed E-state index contributed by atoms with van der Waals surface area (Å²) in [5.41, 5.74) is 4.75. The normalized spacial score (nSPS) is 18.7. The zero-order valence-electron chi connectivity index (χ0n) is 19.3. The molecule has 0 spiro atoms. The molecule has 2 aliphatic carbocycles. The van der Waals surface area contributed by atoms with Crippen molar-refractivity contribution in [1.82, 2.24) is 10.6 Å². The van der Waals surface area contributed by atoms with Crippen molar-refractivity contribution < 1.29 is 24.2 Å². The first-order chi connectivity index (χ1) is 16.5. The molecule has 0 saturated heterocycles. The standard InChI is InChI=1S/C27H32N2O5/c30-25(29-19-13-12-18(15-19)16-26(31)32)11-5-6-14-28-27(33)34-17-24-22-9-3-1-7-20(22)21-8-2-4-10-23(21)24/h1-4,7-10,18-19,24H,5-6,11-17H2,(H,28,33)(H,29,30)(H,31,32)/t18-,19+/m0/s1. The van der Waals surface area contributed by atoms with Crippen molar-refractivity contribution >= 4 is 18.0 Å². The summed E-state index contributed by atoms with van der Waals surface area (Å²) in [6.07, 6.45) is 3.91. The number of nitrogens with one attached hydrogen (secondary N) is 2. The topological polar surface area (TPSA) is 105 Å². The molecule has 0 heterocycles. The largest absolute Gasteiger partial charge is 0.481 e. The predicted octanol–water partition coefficient (Wildman–Crippen LogP) is 4.46. The van der Waals surface area contributed by atoms with Gasteiger partial charge in [0.25, 0.3) is 0 Å². The lowest BCUT2D eigenvalue weighted by molar-refractivity contribution is -0.138. The molecule has 0 aromatic heterocycles. The number of benzene rings is 2. The Morgan fingerprint density at radius 1 is 0.941 bits per heavy atom. The second-order valence-corrected chi connectivity index (χ2v) is 9.25. The number of hydrogen-bond donors (Lipinski definition) is 3. The number of carboxylic acids is 1. The van der Waals surface area contributed by atoms with Crippen LogP contribution in [-0.4, -0.2) is 42.3 Å². The Morgan fingerprint density at radius 2 is 1.62 bits per heavy atom. The molecule has 2 aromatic rings. The third-order valence-corrected chi connectivity index (χ3v) is 6.81. The number of rotatable bonds is 10. The van der Waals surface area contributed by atoms with Gasteiger partial charge in [-0.1, -0.05) is 48.5 Å². The Balaban J connectivity index is 1.12. The van der Waals surface area contributed by atoms with Crippen molar-refractivity contribution in [2.24, 2.45) is 5.92 Å². The van der Waals surface area contributed by atoms with E-state index in [-0.39, 0.29) is 36.8 Å². The van der Waals surface area contributed by atoms with Crippen LogP contribution in [0.15, 0.2) is 48.5 Å². The molecule has 1 fully saturated rings. The average Bonchev–Trinajstić information content (AvgIpc) is 3.38. The van der Waals surface area contributed by atoms with Crippen molar-refractivity contribution in [3.05, 3.63) is 59.7 Å². The van der Waals surface area contributed by atoms with Gasteiger partial charge in [0.05, 0.1) is 0 Å². The number of carbonyl (C=O) groups excluding carboxylic acids is 2. The van der Waals surface area contributed by atoms with Crippen LogP contribution in [0.1, 0.15) is 62.0 Å². The van der Waals surface area contributed by atoms with Crippen LogP contribution in [0, 0.1) is 5.92 Å². The highest BCUT2D eigenvalue weighted by molar-refractivity contribution is 5.79. The highest BCUT2D eigenvalue weighted by Crippen LogP contribution is 2.44. The van der Waals surface area contributed by atoms with Gasteiger partial charge in [0.1, 0.15) is 6.61 Å². The van der Waals surface area contributed by atoms with E-state index < -0.39 is 12.1 Å². The van der Waals surface area contributed by atoms with Gasteiger partial charge in [-0.05, 0) is 60.3 Å². The first kappa shape index (κ1) is 23.8. The van der Waals surface area contributed by atoms with E-state index in [0.717, 1.165) is 19.3 Å². The molecular formula is C27H32N2O5. The number of carbonyl (C=O) groups is 3. The van der Waals surface area contributed by atoms with E-state index in [9.17, 15) is 14.4 Å². The van der Waals surface area contributed by atoms with E-state index in [1.54, 1.807) is 0 Å². The van der Waals surface area contributed by atoms with Crippen LogP contribution in [0.2, 0.25) is 0 Å². The Hall–Kier alpha value is -3.35. The highest BCUT2D eigenvalue weighted by Gasteiger charge is 2.29. The van der Waals surface area contributed by atoms with Gasteiger partial charge >= 0.3 is 12.1 Å². The molecule has 2 aromatic carbocycles. The van der Waals surface area contributed by atoms with Crippen LogP contribution in [0.5, 0.6) is 0 Å². The van der Waals surface area contributed by atoms with Crippen molar-refractivity contribution in [2.75, 3.05) is 13.2 Å². The number of ether oxygens (including phenoxy) is 1. The third-order valence-electron chi connectivity index (χ3n) is 6.81. The van der Waals surface area contributed by atoms with Crippen LogP contribution in [0.3, 0.4) is 0 Å². The predicted molar refractivity (Wildman–Crippen MR) is 128 cm³/mol. The summed E-state index contributed by atoms with van der Waals surface area (Å²) < 4.78 is 5.52. The number of hydrogen-bond acceptors (Lipinski definition) is 4. The Labute approximate surface area is 199 Å². The van der Waals surface area contributed by atoms with E-state index in [0.29, 0.717) is 25.8 Å². The highest BCUT2D eigenvalue weighted by atomic mass is 16.5. The zero-order valence-corrected chi connectivity index (χ0v) is 19.3. The Bertz CT molecular complexity index is 992. The molecule has 2 aliphatic rings. The number of fused-ring (bicyclic) bond motifs is 3. The van der Waals surface area contributed by atoms with E-state index in [4.69, 9.17) is 9.84 Å². The molecule has 0 unspecified atom stereocenters. The minimum atomic E-state index is -0.777. The smallest absolute Gasteiger partial charge is 0.407 e. The van der Waals surface area contributed by atoms with Gasteiger partial charge < -0.3 is 20.5 Å². The zero-order chi connectivity index (χ0) is 23.9. The molecule has 4 rings (SSSR count). The lowest BCUT2D eigenvalue weighted by Gasteiger charge is -2.15. The van der Waals surface area contributed by atoms with Gasteiger partial charge in [-0.25, -0.2) is 4.79 Å². The summed E-state index contributed by atoms with van der Waals surface area (Å²) in [5.74, 6) is -0.597. The Morgan fingerprint density at radius 3 is 2.29 bits per heavy atom. The quantitative estimate of drug-likeness (QED) is 0.451. The molecule has 1 saturated carbocycles. The fourth-order valence-electron chi connectivity index (χ4n) is 5.19. The first-order valence-corrected chi connectivity index (χ1v) is 12.1. The van der Waals surface area contributed by atoms with Crippen LogP contribution >= 0.6 is 0 Å². The van der Waals surface area contributed by atoms with Gasteiger partial charge in [0, 0.05) is 31.3 Å². The van der Waals surface area contributed by atoms with E-state index in [1.807, 2.05) is 24.3 Å². The molecular weight excluding hydrogens is 432 g/mol.